The number of furan rings is 1. The zero-order valence-electron chi connectivity index (χ0n) is 33.9. The summed E-state index contributed by atoms with van der Waals surface area (Å²) < 4.78 is 6.26. The highest BCUT2D eigenvalue weighted by Crippen LogP contribution is 2.41. The van der Waals surface area contributed by atoms with Crippen LogP contribution in [0.3, 0.4) is 0 Å². The normalized spacial score (nSPS) is 11.5. The molecule has 0 spiro atoms. The van der Waals surface area contributed by atoms with Crippen molar-refractivity contribution in [1.29, 1.82) is 0 Å². The molecule has 0 amide bonds. The van der Waals surface area contributed by atoms with E-state index >= 15 is 0 Å². The van der Waals surface area contributed by atoms with Gasteiger partial charge in [-0.25, -0.2) is 0 Å². The fourth-order valence-corrected chi connectivity index (χ4v) is 9.29. The largest absolute Gasteiger partial charge is 0.456 e. The maximum Gasteiger partial charge on any atom is 0.136 e. The van der Waals surface area contributed by atoms with E-state index in [1.54, 1.807) is 0 Å². The molecule has 2 nitrogen and oxygen atoms in total. The first-order valence-electron chi connectivity index (χ1n) is 21.2. The van der Waals surface area contributed by atoms with Gasteiger partial charge in [0.1, 0.15) is 11.2 Å². The summed E-state index contributed by atoms with van der Waals surface area (Å²) in [6.45, 7) is 0. The van der Waals surface area contributed by atoms with E-state index in [-0.39, 0.29) is 0 Å². The lowest BCUT2D eigenvalue weighted by Gasteiger charge is -2.26. The smallest absolute Gasteiger partial charge is 0.136 e. The monoisotopic (exact) mass is 789 g/mol. The van der Waals surface area contributed by atoms with Gasteiger partial charge >= 0.3 is 0 Å². The molecule has 11 aromatic carbocycles. The van der Waals surface area contributed by atoms with Crippen LogP contribution in [-0.4, -0.2) is 0 Å². The van der Waals surface area contributed by atoms with Gasteiger partial charge in [-0.05, 0) is 137 Å². The summed E-state index contributed by atoms with van der Waals surface area (Å²) in [5.74, 6) is 0. The Morgan fingerprint density at radius 3 is 1.52 bits per heavy atom. The Bertz CT molecular complexity index is 3620. The molecular weight excluding hydrogens is 751 g/mol. The predicted molar refractivity (Wildman–Crippen MR) is 263 cm³/mol. The van der Waals surface area contributed by atoms with Gasteiger partial charge in [0.25, 0.3) is 0 Å². The van der Waals surface area contributed by atoms with Crippen LogP contribution >= 0.6 is 0 Å². The molecule has 290 valence electrons. The molecule has 0 N–H and O–H groups in total. The molecule has 12 aromatic rings. The first-order chi connectivity index (χ1) is 30.7. The second-order valence-corrected chi connectivity index (χ2v) is 16.1. The zero-order valence-corrected chi connectivity index (χ0v) is 33.9. The number of anilines is 3. The van der Waals surface area contributed by atoms with Crippen molar-refractivity contribution in [2.24, 2.45) is 0 Å². The van der Waals surface area contributed by atoms with E-state index in [4.69, 9.17) is 4.42 Å². The van der Waals surface area contributed by atoms with Crippen LogP contribution in [0.4, 0.5) is 17.1 Å². The van der Waals surface area contributed by atoms with Gasteiger partial charge in [-0.2, -0.15) is 0 Å². The number of nitrogens with zero attached hydrogens (tertiary/aromatic N) is 1. The van der Waals surface area contributed by atoms with Gasteiger partial charge in [-0.15, -0.1) is 0 Å². The molecule has 0 fully saturated rings. The second-order valence-electron chi connectivity index (χ2n) is 16.1. The molecule has 0 saturated carbocycles. The topological polar surface area (TPSA) is 16.4 Å². The first-order valence-corrected chi connectivity index (χ1v) is 21.2. The summed E-state index contributed by atoms with van der Waals surface area (Å²) in [6, 6.07) is 85.6. The van der Waals surface area contributed by atoms with E-state index in [9.17, 15) is 0 Å². The standard InChI is InChI=1S/C60H39NO/c1-2-11-47-37-49(27-23-40(47)9-1)43-21-19-41(20-22-43)42-29-33-51(34-30-42)61(52-35-31-45(32-36-52)55-16-8-18-59-60(55)56-15-5-6-17-58(56)62-59)53-13-7-12-48(38-53)50-28-26-46-25-24-44-10-3-4-14-54(44)57(46)39-50/h1-39H. The number of fused-ring (bicyclic) bond motifs is 7. The summed E-state index contributed by atoms with van der Waals surface area (Å²) >= 11 is 0. The Labute approximate surface area is 360 Å². The Balaban J connectivity index is 0.928. The van der Waals surface area contributed by atoms with Gasteiger partial charge in [0.05, 0.1) is 0 Å². The average molecular weight is 790 g/mol. The Morgan fingerprint density at radius 1 is 0.258 bits per heavy atom. The number of hydrogen-bond acceptors (Lipinski definition) is 2. The van der Waals surface area contributed by atoms with Crippen molar-refractivity contribution in [1.82, 2.24) is 0 Å². The van der Waals surface area contributed by atoms with Crippen LogP contribution in [0.5, 0.6) is 0 Å². The van der Waals surface area contributed by atoms with Crippen molar-refractivity contribution in [3.63, 3.8) is 0 Å². The molecule has 0 atom stereocenters. The molecule has 2 heteroatoms. The second kappa shape index (κ2) is 14.8. The van der Waals surface area contributed by atoms with E-state index < -0.39 is 0 Å². The summed E-state index contributed by atoms with van der Waals surface area (Å²) in [7, 11) is 0. The van der Waals surface area contributed by atoms with E-state index in [2.05, 4.69) is 229 Å². The van der Waals surface area contributed by atoms with E-state index in [1.807, 2.05) is 12.1 Å². The average Bonchev–Trinajstić information content (AvgIpc) is 3.74. The minimum Gasteiger partial charge on any atom is -0.456 e. The minimum atomic E-state index is 0.899. The third-order valence-corrected chi connectivity index (χ3v) is 12.4. The molecule has 0 aliphatic heterocycles. The van der Waals surface area contributed by atoms with Crippen molar-refractivity contribution in [3.8, 4) is 44.5 Å². The summed E-state index contributed by atoms with van der Waals surface area (Å²) in [5, 5.41) is 9.81. The summed E-state index contributed by atoms with van der Waals surface area (Å²) in [4.78, 5) is 2.37. The molecule has 62 heavy (non-hydrogen) atoms. The van der Waals surface area contributed by atoms with Gasteiger partial charge in [0.15, 0.2) is 0 Å². The maximum atomic E-state index is 6.26. The quantitative estimate of drug-likeness (QED) is 0.150. The van der Waals surface area contributed by atoms with Crippen LogP contribution in [0.25, 0.3) is 98.8 Å². The van der Waals surface area contributed by atoms with Crippen molar-refractivity contribution in [2.75, 3.05) is 4.90 Å². The first kappa shape index (κ1) is 35.7. The van der Waals surface area contributed by atoms with Crippen molar-refractivity contribution in [2.45, 2.75) is 0 Å². The Morgan fingerprint density at radius 2 is 0.758 bits per heavy atom. The van der Waals surface area contributed by atoms with Crippen LogP contribution in [-0.2, 0) is 0 Å². The maximum absolute atomic E-state index is 6.26. The Hall–Kier alpha value is -8.20. The fourth-order valence-electron chi connectivity index (χ4n) is 9.29. The molecule has 1 aromatic heterocycles. The molecule has 0 unspecified atom stereocenters. The molecule has 0 aliphatic rings. The summed E-state index contributed by atoms with van der Waals surface area (Å²) in [5.41, 5.74) is 14.5. The SMILES string of the molecule is c1cc(-c2ccc3ccc4ccccc4c3c2)cc(N(c2ccc(-c3ccc(-c4ccc5ccccc5c4)cc3)cc2)c2ccc(-c3cccc4oc5ccccc5c34)cc2)c1. The molecule has 0 aliphatic carbocycles. The number of hydrogen-bond donors (Lipinski definition) is 0. The summed E-state index contributed by atoms with van der Waals surface area (Å²) in [6.07, 6.45) is 0. The Kier molecular flexibility index (Phi) is 8.53. The van der Waals surface area contributed by atoms with Crippen LogP contribution in [0.2, 0.25) is 0 Å². The molecule has 12 rings (SSSR count). The van der Waals surface area contributed by atoms with Crippen LogP contribution in [0.1, 0.15) is 0 Å². The minimum absolute atomic E-state index is 0.899. The third-order valence-electron chi connectivity index (χ3n) is 12.4. The zero-order chi connectivity index (χ0) is 41.0. The molecule has 1 heterocycles. The highest BCUT2D eigenvalue weighted by molar-refractivity contribution is 6.12. The fraction of sp³-hybridized carbons (Fsp3) is 0. The van der Waals surface area contributed by atoms with Gasteiger partial charge in [0, 0.05) is 27.8 Å². The number of benzene rings is 11. The lowest BCUT2D eigenvalue weighted by molar-refractivity contribution is 0.669. The number of rotatable bonds is 7. The number of para-hydroxylation sites is 1. The lowest BCUT2D eigenvalue weighted by Crippen LogP contribution is -2.10. The highest BCUT2D eigenvalue weighted by atomic mass is 16.3. The lowest BCUT2D eigenvalue weighted by atomic mass is 9.96. The van der Waals surface area contributed by atoms with Gasteiger partial charge in [-0.3, -0.25) is 0 Å². The van der Waals surface area contributed by atoms with Crippen LogP contribution < -0.4 is 4.90 Å². The predicted octanol–water partition coefficient (Wildman–Crippen LogP) is 17.2. The van der Waals surface area contributed by atoms with Crippen molar-refractivity contribution < 1.29 is 4.42 Å². The van der Waals surface area contributed by atoms with E-state index in [1.165, 1.54) is 65.7 Å². The third kappa shape index (κ3) is 6.29. The highest BCUT2D eigenvalue weighted by Gasteiger charge is 2.17. The van der Waals surface area contributed by atoms with Crippen molar-refractivity contribution >= 4 is 71.3 Å². The molecular formula is C60H39NO. The van der Waals surface area contributed by atoms with Crippen molar-refractivity contribution in [3.05, 3.63) is 237 Å². The van der Waals surface area contributed by atoms with Gasteiger partial charge < -0.3 is 9.32 Å². The van der Waals surface area contributed by atoms with Gasteiger partial charge in [-0.1, -0.05) is 176 Å². The van der Waals surface area contributed by atoms with E-state index in [0.717, 1.165) is 50.1 Å². The molecule has 0 radical (unpaired) electrons. The van der Waals surface area contributed by atoms with Gasteiger partial charge in [0.2, 0.25) is 0 Å². The molecule has 0 bridgehead atoms. The van der Waals surface area contributed by atoms with Crippen LogP contribution in [0.15, 0.2) is 241 Å². The van der Waals surface area contributed by atoms with Crippen LogP contribution in [0, 0.1) is 0 Å². The van der Waals surface area contributed by atoms with E-state index in [0.29, 0.717) is 0 Å². The molecule has 0 saturated heterocycles.